The molecule has 1 N–H and O–H groups in total. The van der Waals surface area contributed by atoms with Crippen LogP contribution in [0, 0.1) is 11.6 Å². The predicted octanol–water partition coefficient (Wildman–Crippen LogP) is 4.05. The zero-order valence-electron chi connectivity index (χ0n) is 13.6. The Labute approximate surface area is 149 Å². The van der Waals surface area contributed by atoms with E-state index in [1.165, 1.54) is 6.92 Å². The fraction of sp³-hybridized carbons (Fsp3) is 0.176. The molecule has 10 heteroatoms. The van der Waals surface area contributed by atoms with Gasteiger partial charge in [-0.2, -0.15) is 0 Å². The summed E-state index contributed by atoms with van der Waals surface area (Å²) in [5.74, 6) is -4.25. The average Bonchev–Trinajstić information content (AvgIpc) is 2.56. The van der Waals surface area contributed by atoms with Gasteiger partial charge in [0, 0.05) is 6.07 Å². The highest BCUT2D eigenvalue weighted by Gasteiger charge is 2.31. The van der Waals surface area contributed by atoms with E-state index in [9.17, 15) is 31.5 Å². The van der Waals surface area contributed by atoms with Gasteiger partial charge >= 0.3 is 12.3 Å². The number of amides is 1. The number of carbonyl (C=O) groups excluding carboxylic acids is 2. The van der Waals surface area contributed by atoms with Crippen molar-refractivity contribution < 1.29 is 41.0 Å². The van der Waals surface area contributed by atoms with Gasteiger partial charge in [0.15, 0.2) is 6.10 Å². The lowest BCUT2D eigenvalue weighted by atomic mass is 10.2. The third kappa shape index (κ3) is 5.94. The van der Waals surface area contributed by atoms with Crippen LogP contribution in [0.1, 0.15) is 17.3 Å². The Morgan fingerprint density at radius 3 is 2.22 bits per heavy atom. The van der Waals surface area contributed by atoms with E-state index in [1.54, 1.807) is 0 Å². The Morgan fingerprint density at radius 2 is 1.67 bits per heavy atom. The van der Waals surface area contributed by atoms with E-state index in [2.05, 4.69) is 10.1 Å². The zero-order valence-corrected chi connectivity index (χ0v) is 13.6. The van der Waals surface area contributed by atoms with Crippen LogP contribution in [-0.2, 0) is 9.53 Å². The standard InChI is InChI=1S/C17H12F5NO4/c1-9(15(24)23-14-7-4-11(18)8-13(14)19)26-16(25)10-2-5-12(6-3-10)27-17(20,21)22/h2-9H,1H3,(H,23,24)/t9-/m1/s1. The Kier molecular flexibility index (Phi) is 5.98. The number of rotatable bonds is 5. The maximum Gasteiger partial charge on any atom is 0.573 e. The molecule has 0 aromatic heterocycles. The van der Waals surface area contributed by atoms with Crippen molar-refractivity contribution in [1.82, 2.24) is 0 Å². The lowest BCUT2D eigenvalue weighted by Gasteiger charge is -2.14. The molecular weight excluding hydrogens is 377 g/mol. The third-order valence-electron chi connectivity index (χ3n) is 3.17. The molecule has 0 saturated heterocycles. The van der Waals surface area contributed by atoms with E-state index < -0.39 is 41.7 Å². The number of hydrogen-bond acceptors (Lipinski definition) is 4. The summed E-state index contributed by atoms with van der Waals surface area (Å²) in [6.45, 7) is 1.20. The summed E-state index contributed by atoms with van der Waals surface area (Å²) in [6.07, 6.45) is -6.22. The van der Waals surface area contributed by atoms with Crippen LogP contribution >= 0.6 is 0 Å². The van der Waals surface area contributed by atoms with Crippen molar-refractivity contribution in [2.24, 2.45) is 0 Å². The number of carbonyl (C=O) groups is 2. The molecule has 1 amide bonds. The smallest absolute Gasteiger partial charge is 0.449 e. The number of halogens is 5. The zero-order chi connectivity index (χ0) is 20.2. The van der Waals surface area contributed by atoms with Crippen LogP contribution < -0.4 is 10.1 Å². The molecule has 0 aliphatic heterocycles. The maximum absolute atomic E-state index is 13.5. The van der Waals surface area contributed by atoms with E-state index in [4.69, 9.17) is 4.74 Å². The quantitative estimate of drug-likeness (QED) is 0.619. The molecule has 0 heterocycles. The second-order valence-electron chi connectivity index (χ2n) is 5.23. The van der Waals surface area contributed by atoms with Crippen molar-refractivity contribution in [3.63, 3.8) is 0 Å². The van der Waals surface area contributed by atoms with Gasteiger partial charge in [-0.15, -0.1) is 13.2 Å². The molecule has 27 heavy (non-hydrogen) atoms. The molecule has 0 radical (unpaired) electrons. The lowest BCUT2D eigenvalue weighted by molar-refractivity contribution is -0.274. The van der Waals surface area contributed by atoms with Gasteiger partial charge in [-0.1, -0.05) is 0 Å². The van der Waals surface area contributed by atoms with Gasteiger partial charge in [-0.05, 0) is 43.3 Å². The van der Waals surface area contributed by atoms with Crippen molar-refractivity contribution in [3.05, 3.63) is 59.7 Å². The van der Waals surface area contributed by atoms with Gasteiger partial charge in [0.05, 0.1) is 11.3 Å². The van der Waals surface area contributed by atoms with Crippen LogP contribution in [0.2, 0.25) is 0 Å². The number of esters is 1. The average molecular weight is 389 g/mol. The van der Waals surface area contributed by atoms with Crippen molar-refractivity contribution in [3.8, 4) is 5.75 Å². The minimum absolute atomic E-state index is 0.128. The van der Waals surface area contributed by atoms with E-state index >= 15 is 0 Å². The minimum Gasteiger partial charge on any atom is -0.449 e. The fourth-order valence-electron chi connectivity index (χ4n) is 1.90. The molecule has 0 aliphatic carbocycles. The first-order chi connectivity index (χ1) is 12.5. The lowest BCUT2D eigenvalue weighted by Crippen LogP contribution is -2.30. The number of hydrogen-bond donors (Lipinski definition) is 1. The second-order valence-corrected chi connectivity index (χ2v) is 5.23. The molecule has 0 spiro atoms. The topological polar surface area (TPSA) is 64.6 Å². The molecule has 144 valence electrons. The molecule has 2 aromatic rings. The molecule has 1 atom stereocenters. The van der Waals surface area contributed by atoms with Crippen LogP contribution in [0.25, 0.3) is 0 Å². The number of alkyl halides is 3. The molecule has 0 aliphatic rings. The number of anilines is 1. The van der Waals surface area contributed by atoms with Gasteiger partial charge in [0.2, 0.25) is 0 Å². The summed E-state index contributed by atoms with van der Waals surface area (Å²) in [5.41, 5.74) is -0.435. The van der Waals surface area contributed by atoms with Gasteiger partial charge in [0.25, 0.3) is 5.91 Å². The Morgan fingerprint density at radius 1 is 1.04 bits per heavy atom. The molecule has 0 unspecified atom stereocenters. The monoisotopic (exact) mass is 389 g/mol. The van der Waals surface area contributed by atoms with Crippen molar-refractivity contribution in [2.75, 3.05) is 5.32 Å². The van der Waals surface area contributed by atoms with Crippen LogP contribution in [0.3, 0.4) is 0 Å². The van der Waals surface area contributed by atoms with Crippen LogP contribution in [0.4, 0.5) is 27.6 Å². The van der Waals surface area contributed by atoms with E-state index in [0.29, 0.717) is 6.07 Å². The van der Waals surface area contributed by atoms with E-state index in [0.717, 1.165) is 36.4 Å². The first-order valence-electron chi connectivity index (χ1n) is 7.38. The van der Waals surface area contributed by atoms with Crippen molar-refractivity contribution in [1.29, 1.82) is 0 Å². The molecule has 0 saturated carbocycles. The molecule has 2 rings (SSSR count). The highest BCUT2D eigenvalue weighted by Crippen LogP contribution is 2.23. The van der Waals surface area contributed by atoms with Gasteiger partial charge in [-0.25, -0.2) is 13.6 Å². The molecule has 0 fully saturated rings. The summed E-state index contributed by atoms with van der Waals surface area (Å²) in [5, 5.41) is 2.13. The Hall–Kier alpha value is -3.17. The molecule has 0 bridgehead atoms. The predicted molar refractivity (Wildman–Crippen MR) is 83.0 cm³/mol. The third-order valence-corrected chi connectivity index (χ3v) is 3.17. The summed E-state index contributed by atoms with van der Waals surface area (Å²) >= 11 is 0. The van der Waals surface area contributed by atoms with Gasteiger partial charge in [-0.3, -0.25) is 4.79 Å². The van der Waals surface area contributed by atoms with Crippen molar-refractivity contribution >= 4 is 17.6 Å². The largest absolute Gasteiger partial charge is 0.573 e. The highest BCUT2D eigenvalue weighted by molar-refractivity contribution is 5.97. The SMILES string of the molecule is C[C@@H](OC(=O)c1ccc(OC(F)(F)F)cc1)C(=O)Nc1ccc(F)cc1F. The molecular formula is C17H12F5NO4. The minimum atomic E-state index is -4.87. The number of benzene rings is 2. The van der Waals surface area contributed by atoms with Crippen molar-refractivity contribution in [2.45, 2.75) is 19.4 Å². The van der Waals surface area contributed by atoms with Gasteiger partial charge in [0.1, 0.15) is 17.4 Å². The fourth-order valence-corrected chi connectivity index (χ4v) is 1.90. The summed E-state index contributed by atoms with van der Waals surface area (Å²) in [7, 11) is 0. The first kappa shape index (κ1) is 20.1. The van der Waals surface area contributed by atoms with Crippen LogP contribution in [-0.4, -0.2) is 24.3 Å². The molecule has 5 nitrogen and oxygen atoms in total. The van der Waals surface area contributed by atoms with E-state index in [1.807, 2.05) is 0 Å². The normalized spacial score (nSPS) is 12.2. The number of nitrogens with one attached hydrogen (secondary N) is 1. The summed E-state index contributed by atoms with van der Waals surface area (Å²) in [6, 6.07) is 6.35. The Bertz CT molecular complexity index is 836. The first-order valence-corrected chi connectivity index (χ1v) is 7.38. The maximum atomic E-state index is 13.5. The highest BCUT2D eigenvalue weighted by atomic mass is 19.4. The van der Waals surface area contributed by atoms with Crippen LogP contribution in [0.5, 0.6) is 5.75 Å². The summed E-state index contributed by atoms with van der Waals surface area (Å²) in [4.78, 5) is 23.9. The number of ether oxygens (including phenoxy) is 2. The van der Waals surface area contributed by atoms with Gasteiger partial charge < -0.3 is 14.8 Å². The van der Waals surface area contributed by atoms with Crippen LogP contribution in [0.15, 0.2) is 42.5 Å². The van der Waals surface area contributed by atoms with E-state index in [-0.39, 0.29) is 11.3 Å². The Balaban J connectivity index is 1.97. The summed E-state index contributed by atoms with van der Waals surface area (Å²) < 4.78 is 71.1. The second kappa shape index (κ2) is 8.02. The molecule has 2 aromatic carbocycles.